The average Bonchev–Trinajstić information content (AvgIpc) is 2.45. The molecule has 1 aliphatic carbocycles. The highest BCUT2D eigenvalue weighted by Crippen LogP contribution is 2.35. The Morgan fingerprint density at radius 2 is 1.95 bits per heavy atom. The lowest BCUT2D eigenvalue weighted by Crippen LogP contribution is -2.37. The Labute approximate surface area is 127 Å². The second-order valence-corrected chi connectivity index (χ2v) is 6.73. The Balaban J connectivity index is 2.08. The van der Waals surface area contributed by atoms with Crippen molar-refractivity contribution in [2.75, 3.05) is 31.3 Å². The molecular weight excluding hydrogens is 262 g/mol. The molecule has 0 bridgehead atoms. The summed E-state index contributed by atoms with van der Waals surface area (Å²) in [4.78, 5) is 14.5. The minimum atomic E-state index is -0.0298. The number of amides is 1. The molecule has 0 unspecified atom stereocenters. The third-order valence-corrected chi connectivity index (χ3v) is 4.48. The lowest BCUT2D eigenvalue weighted by atomic mass is 9.76. The van der Waals surface area contributed by atoms with Crippen LogP contribution in [0.15, 0.2) is 18.2 Å². The number of hydrogen-bond donors (Lipinski definition) is 2. The summed E-state index contributed by atoms with van der Waals surface area (Å²) < 4.78 is 0. The maximum Gasteiger partial charge on any atom is 0.253 e. The highest BCUT2D eigenvalue weighted by atomic mass is 16.1. The van der Waals surface area contributed by atoms with E-state index in [-0.39, 0.29) is 11.3 Å². The van der Waals surface area contributed by atoms with Gasteiger partial charge in [0.1, 0.15) is 0 Å². The van der Waals surface area contributed by atoms with Gasteiger partial charge in [-0.15, -0.1) is 0 Å². The SMILES string of the molecule is CN(C)c1ccc(N)cc1C(=O)NCC1(C)CCCCC1. The Bertz CT molecular complexity index is 505. The molecule has 0 atom stereocenters. The third kappa shape index (κ3) is 3.90. The van der Waals surface area contributed by atoms with Crippen LogP contribution in [-0.2, 0) is 0 Å². The average molecular weight is 289 g/mol. The predicted molar refractivity (Wildman–Crippen MR) is 88.7 cm³/mol. The van der Waals surface area contributed by atoms with Crippen LogP contribution in [0.4, 0.5) is 11.4 Å². The Morgan fingerprint density at radius 3 is 2.57 bits per heavy atom. The van der Waals surface area contributed by atoms with Crippen LogP contribution in [0.5, 0.6) is 0 Å². The summed E-state index contributed by atoms with van der Waals surface area (Å²) in [5, 5.41) is 3.11. The number of anilines is 2. The zero-order valence-corrected chi connectivity index (χ0v) is 13.4. The van der Waals surface area contributed by atoms with E-state index in [1.54, 1.807) is 6.07 Å². The van der Waals surface area contributed by atoms with Crippen molar-refractivity contribution in [1.29, 1.82) is 0 Å². The van der Waals surface area contributed by atoms with Gasteiger partial charge in [0.15, 0.2) is 0 Å². The molecule has 0 aromatic heterocycles. The number of nitrogens with one attached hydrogen (secondary N) is 1. The first-order valence-corrected chi connectivity index (χ1v) is 7.76. The van der Waals surface area contributed by atoms with E-state index in [1.165, 1.54) is 32.1 Å². The van der Waals surface area contributed by atoms with Crippen LogP contribution in [0.25, 0.3) is 0 Å². The summed E-state index contributed by atoms with van der Waals surface area (Å²) in [5.41, 5.74) is 8.25. The van der Waals surface area contributed by atoms with Crippen LogP contribution in [0.2, 0.25) is 0 Å². The van der Waals surface area contributed by atoms with Gasteiger partial charge in [0, 0.05) is 32.0 Å². The van der Waals surface area contributed by atoms with Crippen molar-refractivity contribution in [2.45, 2.75) is 39.0 Å². The van der Waals surface area contributed by atoms with Gasteiger partial charge < -0.3 is 16.0 Å². The van der Waals surface area contributed by atoms with E-state index in [0.717, 1.165) is 12.2 Å². The standard InChI is InChI=1S/C17H27N3O/c1-17(9-5-4-6-10-17)12-19-16(21)14-11-13(18)7-8-15(14)20(2)3/h7-8,11H,4-6,9-10,12,18H2,1-3H3,(H,19,21). The summed E-state index contributed by atoms with van der Waals surface area (Å²) in [6, 6.07) is 5.48. The van der Waals surface area contributed by atoms with Gasteiger partial charge in [-0.2, -0.15) is 0 Å². The van der Waals surface area contributed by atoms with Crippen molar-refractivity contribution in [3.63, 3.8) is 0 Å². The lowest BCUT2D eigenvalue weighted by Gasteiger charge is -2.33. The zero-order valence-electron chi connectivity index (χ0n) is 13.4. The summed E-state index contributed by atoms with van der Waals surface area (Å²) in [5.74, 6) is -0.0298. The summed E-state index contributed by atoms with van der Waals surface area (Å²) in [6.45, 7) is 3.02. The monoisotopic (exact) mass is 289 g/mol. The van der Waals surface area contributed by atoms with Crippen LogP contribution in [-0.4, -0.2) is 26.5 Å². The molecule has 2 rings (SSSR count). The van der Waals surface area contributed by atoms with E-state index in [9.17, 15) is 4.79 Å². The molecular formula is C17H27N3O. The maximum atomic E-state index is 12.5. The van der Waals surface area contributed by atoms with Crippen molar-refractivity contribution in [3.05, 3.63) is 23.8 Å². The summed E-state index contributed by atoms with van der Waals surface area (Å²) in [7, 11) is 3.87. The molecule has 1 aliphatic rings. The minimum Gasteiger partial charge on any atom is -0.399 e. The first-order chi connectivity index (χ1) is 9.91. The number of nitrogens with two attached hydrogens (primary N) is 1. The fourth-order valence-electron chi connectivity index (χ4n) is 3.10. The number of benzene rings is 1. The molecule has 0 saturated heterocycles. The first kappa shape index (κ1) is 15.7. The molecule has 0 aliphatic heterocycles. The van der Waals surface area contributed by atoms with Crippen molar-refractivity contribution >= 4 is 17.3 Å². The number of nitrogen functional groups attached to an aromatic ring is 1. The van der Waals surface area contributed by atoms with Crippen LogP contribution in [0.1, 0.15) is 49.4 Å². The van der Waals surface area contributed by atoms with Crippen LogP contribution in [0.3, 0.4) is 0 Å². The summed E-state index contributed by atoms with van der Waals surface area (Å²) in [6.07, 6.45) is 6.26. The number of rotatable bonds is 4. The molecule has 0 heterocycles. The molecule has 1 amide bonds. The quantitative estimate of drug-likeness (QED) is 0.838. The first-order valence-electron chi connectivity index (χ1n) is 7.76. The van der Waals surface area contributed by atoms with Crippen LogP contribution in [0, 0.1) is 5.41 Å². The normalized spacial score (nSPS) is 17.3. The third-order valence-electron chi connectivity index (χ3n) is 4.48. The van der Waals surface area contributed by atoms with Gasteiger partial charge >= 0.3 is 0 Å². The van der Waals surface area contributed by atoms with E-state index >= 15 is 0 Å². The largest absolute Gasteiger partial charge is 0.399 e. The van der Waals surface area contributed by atoms with E-state index < -0.39 is 0 Å². The van der Waals surface area contributed by atoms with Gasteiger partial charge in [0.25, 0.3) is 5.91 Å². The number of carbonyl (C=O) groups excluding carboxylic acids is 1. The summed E-state index contributed by atoms with van der Waals surface area (Å²) >= 11 is 0. The van der Waals surface area contributed by atoms with Gasteiger partial charge in [-0.3, -0.25) is 4.79 Å². The van der Waals surface area contributed by atoms with E-state index in [2.05, 4.69) is 12.2 Å². The van der Waals surface area contributed by atoms with Crippen molar-refractivity contribution in [3.8, 4) is 0 Å². The molecule has 116 valence electrons. The maximum absolute atomic E-state index is 12.5. The highest BCUT2D eigenvalue weighted by molar-refractivity contribution is 6.00. The van der Waals surface area contributed by atoms with Crippen molar-refractivity contribution in [1.82, 2.24) is 5.32 Å². The molecule has 0 radical (unpaired) electrons. The Kier molecular flexibility index (Phi) is 4.76. The lowest BCUT2D eigenvalue weighted by molar-refractivity contribution is 0.0920. The van der Waals surface area contributed by atoms with Gasteiger partial charge in [0.05, 0.1) is 5.56 Å². The van der Waals surface area contributed by atoms with E-state index in [0.29, 0.717) is 11.3 Å². The Morgan fingerprint density at radius 1 is 1.29 bits per heavy atom. The topological polar surface area (TPSA) is 58.4 Å². The molecule has 1 aromatic rings. The molecule has 0 spiro atoms. The zero-order chi connectivity index (χ0) is 15.5. The molecule has 3 N–H and O–H groups in total. The molecule has 4 nitrogen and oxygen atoms in total. The van der Waals surface area contributed by atoms with E-state index in [4.69, 9.17) is 5.73 Å². The minimum absolute atomic E-state index is 0.0298. The smallest absolute Gasteiger partial charge is 0.253 e. The van der Waals surface area contributed by atoms with Gasteiger partial charge in [-0.1, -0.05) is 26.2 Å². The molecule has 1 fully saturated rings. The fourth-order valence-corrected chi connectivity index (χ4v) is 3.10. The molecule has 1 saturated carbocycles. The molecule has 4 heteroatoms. The van der Waals surface area contributed by atoms with Gasteiger partial charge in [-0.05, 0) is 36.5 Å². The Hall–Kier alpha value is -1.71. The second kappa shape index (κ2) is 6.37. The number of nitrogens with zero attached hydrogens (tertiary/aromatic N) is 1. The molecule has 1 aromatic carbocycles. The van der Waals surface area contributed by atoms with Gasteiger partial charge in [0.2, 0.25) is 0 Å². The second-order valence-electron chi connectivity index (χ2n) is 6.73. The van der Waals surface area contributed by atoms with Crippen molar-refractivity contribution < 1.29 is 4.79 Å². The predicted octanol–water partition coefficient (Wildman–Crippen LogP) is 3.04. The number of hydrogen-bond acceptors (Lipinski definition) is 3. The fraction of sp³-hybridized carbons (Fsp3) is 0.588. The van der Waals surface area contributed by atoms with E-state index in [1.807, 2.05) is 31.1 Å². The molecule has 21 heavy (non-hydrogen) atoms. The van der Waals surface area contributed by atoms with Gasteiger partial charge in [-0.25, -0.2) is 0 Å². The highest BCUT2D eigenvalue weighted by Gasteiger charge is 2.27. The number of carbonyl (C=O) groups is 1. The van der Waals surface area contributed by atoms with Crippen molar-refractivity contribution in [2.24, 2.45) is 5.41 Å². The van der Waals surface area contributed by atoms with Crippen LogP contribution < -0.4 is 16.0 Å². The van der Waals surface area contributed by atoms with Crippen LogP contribution >= 0.6 is 0 Å².